The summed E-state index contributed by atoms with van der Waals surface area (Å²) >= 11 is 0. The first kappa shape index (κ1) is 52.4. The molecule has 0 spiro atoms. The maximum atomic E-state index is 12.6. The van der Waals surface area contributed by atoms with Crippen LogP contribution >= 0.6 is 7.82 Å². The number of carboxylic acids is 1. The second-order valence-electron chi connectivity index (χ2n) is 14.1. The summed E-state index contributed by atoms with van der Waals surface area (Å²) < 4.78 is 32.6. The van der Waals surface area contributed by atoms with Gasteiger partial charge in [-0.05, 0) is 57.8 Å². The van der Waals surface area contributed by atoms with Gasteiger partial charge in [0, 0.05) is 12.8 Å². The number of unbranched alkanes of at least 4 members (excludes halogenated alkanes) is 17. The molecular formula is C43H76NO10P. The molecule has 0 saturated carbocycles. The highest BCUT2D eigenvalue weighted by molar-refractivity contribution is 7.47. The minimum atomic E-state index is -4.72. The van der Waals surface area contributed by atoms with Crippen LogP contribution in [0.5, 0.6) is 0 Å². The average molecular weight is 798 g/mol. The zero-order valence-electron chi connectivity index (χ0n) is 34.3. The van der Waals surface area contributed by atoms with Crippen LogP contribution in [-0.2, 0) is 37.5 Å². The van der Waals surface area contributed by atoms with Crippen molar-refractivity contribution in [2.24, 2.45) is 5.73 Å². The Bertz CT molecular complexity index is 1120. The van der Waals surface area contributed by atoms with Crippen LogP contribution in [-0.4, -0.2) is 59.9 Å². The fourth-order valence-electron chi connectivity index (χ4n) is 5.46. The molecule has 3 atom stereocenters. The van der Waals surface area contributed by atoms with Gasteiger partial charge in [0.25, 0.3) is 0 Å². The van der Waals surface area contributed by atoms with E-state index in [1.165, 1.54) is 77.0 Å². The van der Waals surface area contributed by atoms with E-state index >= 15 is 0 Å². The number of carbonyl (C=O) groups is 3. The van der Waals surface area contributed by atoms with Gasteiger partial charge in [0.05, 0.1) is 13.2 Å². The molecule has 318 valence electrons. The van der Waals surface area contributed by atoms with E-state index in [4.69, 9.17) is 24.8 Å². The van der Waals surface area contributed by atoms with Crippen molar-refractivity contribution in [1.82, 2.24) is 0 Å². The smallest absolute Gasteiger partial charge is 0.472 e. The Balaban J connectivity index is 4.45. The van der Waals surface area contributed by atoms with E-state index in [9.17, 15) is 23.8 Å². The molecular weight excluding hydrogens is 721 g/mol. The second kappa shape index (κ2) is 38.3. The minimum Gasteiger partial charge on any atom is -0.480 e. The van der Waals surface area contributed by atoms with Crippen LogP contribution in [0.1, 0.15) is 174 Å². The monoisotopic (exact) mass is 798 g/mol. The number of phosphoric ester groups is 1. The van der Waals surface area contributed by atoms with Crippen molar-refractivity contribution in [2.75, 3.05) is 19.8 Å². The number of aliphatic carboxylic acids is 1. The lowest BCUT2D eigenvalue weighted by molar-refractivity contribution is -0.161. The first-order valence-electron chi connectivity index (χ1n) is 21.2. The van der Waals surface area contributed by atoms with Crippen LogP contribution in [0.25, 0.3) is 0 Å². The normalized spacial score (nSPS) is 14.3. The Morgan fingerprint density at radius 1 is 0.564 bits per heavy atom. The van der Waals surface area contributed by atoms with Gasteiger partial charge >= 0.3 is 25.7 Å². The Morgan fingerprint density at radius 2 is 0.964 bits per heavy atom. The molecule has 0 saturated heterocycles. The van der Waals surface area contributed by atoms with E-state index in [-0.39, 0.29) is 19.4 Å². The first-order chi connectivity index (χ1) is 26.6. The third-order valence-electron chi connectivity index (χ3n) is 8.83. The lowest BCUT2D eigenvalue weighted by atomic mass is 10.0. The zero-order chi connectivity index (χ0) is 40.7. The van der Waals surface area contributed by atoms with E-state index in [2.05, 4.69) is 67.0 Å². The lowest BCUT2D eigenvalue weighted by Crippen LogP contribution is -2.34. The van der Waals surface area contributed by atoms with Gasteiger partial charge in [-0.15, -0.1) is 0 Å². The molecule has 0 bridgehead atoms. The molecule has 0 aromatic rings. The van der Waals surface area contributed by atoms with Gasteiger partial charge in [0.2, 0.25) is 0 Å². The summed E-state index contributed by atoms with van der Waals surface area (Å²) in [4.78, 5) is 45.9. The van der Waals surface area contributed by atoms with Crippen molar-refractivity contribution in [3.63, 3.8) is 0 Å². The van der Waals surface area contributed by atoms with Crippen molar-refractivity contribution in [3.8, 4) is 0 Å². The number of ether oxygens (including phenoxy) is 2. The average Bonchev–Trinajstić information content (AvgIpc) is 3.16. The predicted molar refractivity (Wildman–Crippen MR) is 222 cm³/mol. The molecule has 0 amide bonds. The van der Waals surface area contributed by atoms with Gasteiger partial charge in [-0.3, -0.25) is 23.4 Å². The van der Waals surface area contributed by atoms with E-state index in [0.717, 1.165) is 57.8 Å². The molecule has 12 heteroatoms. The Hall–Kier alpha value is -2.56. The quantitative estimate of drug-likeness (QED) is 0.0234. The summed E-state index contributed by atoms with van der Waals surface area (Å²) in [5.41, 5.74) is 5.32. The second-order valence-corrected chi connectivity index (χ2v) is 15.6. The molecule has 0 fully saturated rings. The van der Waals surface area contributed by atoms with E-state index in [0.29, 0.717) is 12.8 Å². The number of phosphoric acid groups is 1. The summed E-state index contributed by atoms with van der Waals surface area (Å²) in [6.07, 6.45) is 41.7. The molecule has 0 aliphatic heterocycles. The van der Waals surface area contributed by atoms with Crippen molar-refractivity contribution in [1.29, 1.82) is 0 Å². The number of rotatable bonds is 39. The Labute approximate surface area is 333 Å². The highest BCUT2D eigenvalue weighted by Crippen LogP contribution is 2.43. The summed E-state index contributed by atoms with van der Waals surface area (Å²) in [7, 11) is -4.72. The highest BCUT2D eigenvalue weighted by Gasteiger charge is 2.28. The summed E-state index contributed by atoms with van der Waals surface area (Å²) in [5, 5.41) is 8.88. The Kier molecular flexibility index (Phi) is 36.5. The fraction of sp³-hybridized carbons (Fsp3) is 0.744. The standard InChI is InChI=1S/C43H76NO10P/c1-3-5-7-9-11-13-15-17-18-19-20-21-22-23-25-27-29-31-33-35-42(46)54-39(37-52-55(49,50)53-38-40(44)43(47)48)36-51-41(45)34-32-30-28-26-24-16-14-12-10-8-6-4-2/h11,13,17-18,20-21,23,25,39-40H,3-10,12,14-16,19,22,24,26-38,44H2,1-2H3,(H,47,48)(H,49,50)/b13-11-,18-17-,21-20-,25-23-/t39-,40+/m1/s1. The number of hydrogen-bond acceptors (Lipinski definition) is 9. The number of allylic oxidation sites excluding steroid dienone is 8. The molecule has 1 unspecified atom stereocenters. The largest absolute Gasteiger partial charge is 0.480 e. The molecule has 55 heavy (non-hydrogen) atoms. The van der Waals surface area contributed by atoms with E-state index in [1.807, 2.05) is 0 Å². The summed E-state index contributed by atoms with van der Waals surface area (Å²) in [6, 6.07) is -1.53. The number of hydrogen-bond donors (Lipinski definition) is 3. The summed E-state index contributed by atoms with van der Waals surface area (Å²) in [5.74, 6) is -2.42. The van der Waals surface area contributed by atoms with Crippen molar-refractivity contribution < 1.29 is 47.5 Å². The maximum Gasteiger partial charge on any atom is 0.472 e. The molecule has 0 aliphatic rings. The molecule has 0 heterocycles. The van der Waals surface area contributed by atoms with Gasteiger partial charge < -0.3 is 25.2 Å². The van der Waals surface area contributed by atoms with Gasteiger partial charge in [-0.2, -0.15) is 0 Å². The number of esters is 2. The number of nitrogens with two attached hydrogens (primary N) is 1. The van der Waals surface area contributed by atoms with Gasteiger partial charge in [0.1, 0.15) is 12.6 Å². The SMILES string of the molecule is CCCCC/C=C\C/C=C\C/C=C\C/C=C\CCCCCC(=O)O[C@H](COC(=O)CCCCCCCCCCCCCC)COP(=O)(O)OC[C@H](N)C(=O)O. The fourth-order valence-corrected chi connectivity index (χ4v) is 6.24. The topological polar surface area (TPSA) is 172 Å². The third kappa shape index (κ3) is 38.1. The van der Waals surface area contributed by atoms with Crippen molar-refractivity contribution >= 4 is 25.7 Å². The van der Waals surface area contributed by atoms with Crippen LogP contribution in [0.3, 0.4) is 0 Å². The first-order valence-corrected chi connectivity index (χ1v) is 22.7. The highest BCUT2D eigenvalue weighted by atomic mass is 31.2. The van der Waals surface area contributed by atoms with Crippen LogP contribution in [0.4, 0.5) is 0 Å². The van der Waals surface area contributed by atoms with Crippen LogP contribution < -0.4 is 5.73 Å². The zero-order valence-corrected chi connectivity index (χ0v) is 35.2. The Morgan fingerprint density at radius 3 is 1.47 bits per heavy atom. The number of carbonyl (C=O) groups excluding carboxylic acids is 2. The van der Waals surface area contributed by atoms with E-state index in [1.54, 1.807) is 0 Å². The van der Waals surface area contributed by atoms with E-state index < -0.39 is 51.1 Å². The number of carboxylic acid groups (broad SMARTS) is 1. The van der Waals surface area contributed by atoms with Gasteiger partial charge in [-0.25, -0.2) is 4.57 Å². The lowest BCUT2D eigenvalue weighted by Gasteiger charge is -2.20. The molecule has 0 aliphatic carbocycles. The molecule has 0 aromatic heterocycles. The maximum absolute atomic E-state index is 12.6. The molecule has 0 rings (SSSR count). The van der Waals surface area contributed by atoms with Crippen LogP contribution in [0.2, 0.25) is 0 Å². The van der Waals surface area contributed by atoms with Crippen LogP contribution in [0.15, 0.2) is 48.6 Å². The van der Waals surface area contributed by atoms with Crippen molar-refractivity contribution in [3.05, 3.63) is 48.6 Å². The van der Waals surface area contributed by atoms with Gasteiger partial charge in [-0.1, -0.05) is 152 Å². The molecule has 0 radical (unpaired) electrons. The van der Waals surface area contributed by atoms with Crippen LogP contribution in [0, 0.1) is 0 Å². The van der Waals surface area contributed by atoms with Crippen molar-refractivity contribution in [2.45, 2.75) is 187 Å². The van der Waals surface area contributed by atoms with Gasteiger partial charge in [0.15, 0.2) is 6.10 Å². The predicted octanol–water partition coefficient (Wildman–Crippen LogP) is 11.0. The molecule has 11 nitrogen and oxygen atoms in total. The third-order valence-corrected chi connectivity index (χ3v) is 9.78. The summed E-state index contributed by atoms with van der Waals surface area (Å²) in [6.45, 7) is 2.73. The molecule has 0 aromatic carbocycles. The molecule has 4 N–H and O–H groups in total. The minimum absolute atomic E-state index is 0.124.